The summed E-state index contributed by atoms with van der Waals surface area (Å²) in [6.07, 6.45) is 5.02. The fraction of sp³-hybridized carbons (Fsp3) is 0.364. The van der Waals surface area contributed by atoms with E-state index in [0.717, 1.165) is 18.6 Å². The highest BCUT2D eigenvalue weighted by atomic mass is 16.5. The van der Waals surface area contributed by atoms with Gasteiger partial charge in [0, 0.05) is 12.5 Å². The molecule has 3 heteroatoms. The van der Waals surface area contributed by atoms with Gasteiger partial charge in [0.05, 0.1) is 12.2 Å². The number of carbonyl (C=O) groups is 1. The van der Waals surface area contributed by atoms with Crippen molar-refractivity contribution in [2.45, 2.75) is 19.8 Å². The van der Waals surface area contributed by atoms with E-state index in [-0.39, 0.29) is 11.9 Å². The largest absolute Gasteiger partial charge is 0.465 e. The summed E-state index contributed by atoms with van der Waals surface area (Å²) in [5.74, 6) is 1.29. The van der Waals surface area contributed by atoms with Crippen LogP contribution in [0.5, 0.6) is 0 Å². The maximum atomic E-state index is 11.2. The molecule has 14 heavy (non-hydrogen) atoms. The lowest BCUT2D eigenvalue weighted by atomic mass is 10.0. The maximum absolute atomic E-state index is 11.2. The Kier molecular flexibility index (Phi) is 2.39. The molecule has 2 heterocycles. The summed E-state index contributed by atoms with van der Waals surface area (Å²) in [7, 11) is 0. The summed E-state index contributed by atoms with van der Waals surface area (Å²) in [6, 6.07) is 3.64. The fourth-order valence-electron chi connectivity index (χ4n) is 1.39. The minimum atomic E-state index is -0.144. The Morgan fingerprint density at radius 1 is 1.57 bits per heavy atom. The fourth-order valence-corrected chi connectivity index (χ4v) is 1.39. The molecule has 1 fully saturated rings. The molecule has 1 aromatic heterocycles. The predicted octanol–water partition coefficient (Wildman–Crippen LogP) is 2.59. The van der Waals surface area contributed by atoms with Crippen LogP contribution >= 0.6 is 0 Å². The Morgan fingerprint density at radius 2 is 2.43 bits per heavy atom. The molecular formula is C11H12O3. The monoisotopic (exact) mass is 192 g/mol. The topological polar surface area (TPSA) is 39.4 Å². The number of rotatable bonds is 1. The van der Waals surface area contributed by atoms with Crippen LogP contribution in [0.1, 0.15) is 25.5 Å². The van der Waals surface area contributed by atoms with Gasteiger partial charge in [-0.3, -0.25) is 4.79 Å². The Hall–Kier alpha value is -1.51. The number of allylic oxidation sites excluding steroid dienone is 1. The van der Waals surface area contributed by atoms with Crippen LogP contribution in [0.4, 0.5) is 0 Å². The van der Waals surface area contributed by atoms with Crippen LogP contribution in [0.15, 0.2) is 28.6 Å². The van der Waals surface area contributed by atoms with Crippen molar-refractivity contribution in [2.75, 3.05) is 0 Å². The predicted molar refractivity (Wildman–Crippen MR) is 51.2 cm³/mol. The minimum Gasteiger partial charge on any atom is -0.465 e. The van der Waals surface area contributed by atoms with Crippen molar-refractivity contribution in [3.05, 3.63) is 29.9 Å². The number of hydrogen-bond donors (Lipinski definition) is 0. The van der Waals surface area contributed by atoms with Gasteiger partial charge in [0.15, 0.2) is 0 Å². The van der Waals surface area contributed by atoms with Crippen LogP contribution in [0.25, 0.3) is 6.08 Å². The van der Waals surface area contributed by atoms with Crippen molar-refractivity contribution < 1.29 is 13.9 Å². The molecule has 0 radical (unpaired) electrons. The first-order chi connectivity index (χ1) is 6.75. The quantitative estimate of drug-likeness (QED) is 0.642. The zero-order valence-corrected chi connectivity index (χ0v) is 8.03. The van der Waals surface area contributed by atoms with Crippen LogP contribution in [0.2, 0.25) is 0 Å². The van der Waals surface area contributed by atoms with Crippen molar-refractivity contribution in [3.63, 3.8) is 0 Å². The van der Waals surface area contributed by atoms with Crippen LogP contribution in [0, 0.1) is 5.92 Å². The van der Waals surface area contributed by atoms with E-state index in [0.29, 0.717) is 5.76 Å². The van der Waals surface area contributed by atoms with Gasteiger partial charge in [-0.15, -0.1) is 0 Å². The van der Waals surface area contributed by atoms with Gasteiger partial charge < -0.3 is 9.15 Å². The second-order valence-electron chi connectivity index (χ2n) is 3.49. The number of furan rings is 1. The normalized spacial score (nSPS) is 25.1. The molecule has 0 aliphatic carbocycles. The molecule has 2 rings (SSSR count). The number of hydrogen-bond acceptors (Lipinski definition) is 3. The van der Waals surface area contributed by atoms with Gasteiger partial charge in [-0.05, 0) is 18.6 Å². The van der Waals surface area contributed by atoms with Crippen molar-refractivity contribution in [2.24, 2.45) is 5.92 Å². The number of esters is 1. The molecule has 0 aromatic carbocycles. The lowest BCUT2D eigenvalue weighted by Crippen LogP contribution is -2.19. The zero-order valence-electron chi connectivity index (χ0n) is 8.03. The van der Waals surface area contributed by atoms with E-state index in [9.17, 15) is 4.79 Å². The third-order valence-electron chi connectivity index (χ3n) is 2.30. The van der Waals surface area contributed by atoms with Gasteiger partial charge in [0.25, 0.3) is 0 Å². The van der Waals surface area contributed by atoms with Gasteiger partial charge in [0.1, 0.15) is 11.5 Å². The van der Waals surface area contributed by atoms with Gasteiger partial charge in [0.2, 0.25) is 0 Å². The minimum absolute atomic E-state index is 0.0174. The molecule has 1 aliphatic rings. The van der Waals surface area contributed by atoms with E-state index < -0.39 is 0 Å². The van der Waals surface area contributed by atoms with Gasteiger partial charge >= 0.3 is 5.97 Å². The first kappa shape index (κ1) is 9.06. The highest BCUT2D eigenvalue weighted by molar-refractivity contribution is 5.75. The first-order valence-corrected chi connectivity index (χ1v) is 4.71. The number of cyclic esters (lactones) is 1. The van der Waals surface area contributed by atoms with Crippen LogP contribution in [0.3, 0.4) is 0 Å². The summed E-state index contributed by atoms with van der Waals surface area (Å²) in [4.78, 5) is 11.2. The highest BCUT2D eigenvalue weighted by Crippen LogP contribution is 2.24. The number of ether oxygens (including phenoxy) is 1. The zero-order chi connectivity index (χ0) is 9.97. The summed E-state index contributed by atoms with van der Waals surface area (Å²) in [5.41, 5.74) is 0. The molecule has 3 nitrogen and oxygen atoms in total. The van der Waals surface area contributed by atoms with Crippen LogP contribution in [-0.2, 0) is 9.53 Å². The molecule has 0 bridgehead atoms. The molecule has 0 spiro atoms. The second-order valence-corrected chi connectivity index (χ2v) is 3.49. The Labute approximate surface area is 82.4 Å². The van der Waals surface area contributed by atoms with E-state index in [1.54, 1.807) is 18.4 Å². The molecule has 74 valence electrons. The number of carbonyl (C=O) groups excluding carboxylic acids is 1. The Morgan fingerprint density at radius 3 is 3.07 bits per heavy atom. The summed E-state index contributed by atoms with van der Waals surface area (Å²) in [6.45, 7) is 1.88. The molecule has 0 amide bonds. The lowest BCUT2D eigenvalue weighted by molar-refractivity contribution is -0.146. The van der Waals surface area contributed by atoms with Crippen LogP contribution in [-0.4, -0.2) is 5.97 Å². The average molecular weight is 192 g/mol. The van der Waals surface area contributed by atoms with Crippen molar-refractivity contribution in [1.82, 2.24) is 0 Å². The second kappa shape index (κ2) is 3.70. The molecule has 0 N–H and O–H groups in total. The van der Waals surface area contributed by atoms with E-state index in [1.165, 1.54) is 0 Å². The smallest absolute Gasteiger partial charge is 0.313 e. The third-order valence-corrected chi connectivity index (χ3v) is 2.30. The van der Waals surface area contributed by atoms with E-state index in [2.05, 4.69) is 0 Å². The molecule has 0 saturated carbocycles. The van der Waals surface area contributed by atoms with Crippen LogP contribution < -0.4 is 0 Å². The molecule has 1 saturated heterocycles. The lowest BCUT2D eigenvalue weighted by Gasteiger charge is -2.19. The maximum Gasteiger partial charge on any atom is 0.313 e. The molecular weight excluding hydrogens is 180 g/mol. The van der Waals surface area contributed by atoms with Gasteiger partial charge in [-0.25, -0.2) is 0 Å². The highest BCUT2D eigenvalue weighted by Gasteiger charge is 2.22. The summed E-state index contributed by atoms with van der Waals surface area (Å²) >= 11 is 0. The van der Waals surface area contributed by atoms with Gasteiger partial charge in [-0.1, -0.05) is 6.92 Å². The SMILES string of the molecule is CC1CC/C(=C\c2ccco2)OC1=O. The van der Waals surface area contributed by atoms with E-state index in [4.69, 9.17) is 9.15 Å². The van der Waals surface area contributed by atoms with Crippen molar-refractivity contribution >= 4 is 12.0 Å². The van der Waals surface area contributed by atoms with Crippen molar-refractivity contribution in [3.8, 4) is 0 Å². The molecule has 1 unspecified atom stereocenters. The third kappa shape index (κ3) is 1.87. The Bertz CT molecular complexity index is 349. The molecule has 1 atom stereocenters. The van der Waals surface area contributed by atoms with E-state index >= 15 is 0 Å². The Balaban J connectivity index is 2.10. The summed E-state index contributed by atoms with van der Waals surface area (Å²) < 4.78 is 10.3. The van der Waals surface area contributed by atoms with Crippen molar-refractivity contribution in [1.29, 1.82) is 0 Å². The first-order valence-electron chi connectivity index (χ1n) is 4.71. The summed E-state index contributed by atoms with van der Waals surface area (Å²) in [5, 5.41) is 0. The van der Waals surface area contributed by atoms with E-state index in [1.807, 2.05) is 13.0 Å². The molecule has 1 aliphatic heterocycles. The standard InChI is InChI=1S/C11H12O3/c1-8-4-5-10(14-11(8)12)7-9-3-2-6-13-9/h2-3,6-8H,4-5H2,1H3/b10-7+. The van der Waals surface area contributed by atoms with Gasteiger partial charge in [-0.2, -0.15) is 0 Å². The molecule has 1 aromatic rings. The average Bonchev–Trinajstić information content (AvgIpc) is 2.64.